The van der Waals surface area contributed by atoms with E-state index < -0.39 is 11.2 Å². The number of para-hydroxylation sites is 2. The van der Waals surface area contributed by atoms with Crippen molar-refractivity contribution in [1.29, 1.82) is 5.26 Å². The van der Waals surface area contributed by atoms with Gasteiger partial charge in [0.15, 0.2) is 0 Å². The van der Waals surface area contributed by atoms with Crippen LogP contribution in [-0.2, 0) is 22.5 Å². The Balaban J connectivity index is 1.38. The second-order valence-corrected chi connectivity index (χ2v) is 10.3. The Labute approximate surface area is 217 Å². The standard InChI is InChI=1S/C30H24N4O4/c1-29-12-13-30(38-29,14-15-33-23-9-5-4-8-21(23)32-17-24(33)35)26-25(29)27(36)34(28(26)37)22-11-10-18(16-31)19-6-2-3-7-20(19)22/h2-11,17,36-37H,12-15H2,1H3/t29-,30-/m1/s1. The van der Waals surface area contributed by atoms with Crippen LogP contribution in [0.4, 0.5) is 0 Å². The molecule has 2 N–H and O–H groups in total. The normalized spacial score (nSPS) is 21.7. The van der Waals surface area contributed by atoms with Gasteiger partial charge < -0.3 is 19.5 Å². The van der Waals surface area contributed by atoms with Crippen LogP contribution in [0.1, 0.15) is 42.9 Å². The maximum Gasteiger partial charge on any atom is 0.269 e. The van der Waals surface area contributed by atoms with Crippen LogP contribution in [0.15, 0.2) is 71.7 Å². The summed E-state index contributed by atoms with van der Waals surface area (Å²) in [5, 5.41) is 34.3. The summed E-state index contributed by atoms with van der Waals surface area (Å²) in [4.78, 5) is 17.0. The molecule has 2 aromatic heterocycles. The zero-order chi connectivity index (χ0) is 26.2. The number of benzene rings is 3. The smallest absolute Gasteiger partial charge is 0.269 e. The van der Waals surface area contributed by atoms with Gasteiger partial charge in [-0.2, -0.15) is 5.26 Å². The van der Waals surface area contributed by atoms with Crippen molar-refractivity contribution in [2.75, 3.05) is 0 Å². The highest BCUT2D eigenvalue weighted by Crippen LogP contribution is 2.65. The van der Waals surface area contributed by atoms with Crippen molar-refractivity contribution in [2.24, 2.45) is 0 Å². The van der Waals surface area contributed by atoms with E-state index in [4.69, 9.17) is 4.74 Å². The summed E-state index contributed by atoms with van der Waals surface area (Å²) in [5.41, 5.74) is 1.90. The Morgan fingerprint density at radius 1 is 1.00 bits per heavy atom. The van der Waals surface area contributed by atoms with Crippen LogP contribution in [0.25, 0.3) is 27.5 Å². The predicted octanol–water partition coefficient (Wildman–Crippen LogP) is 4.95. The van der Waals surface area contributed by atoms with E-state index in [0.29, 0.717) is 48.2 Å². The molecule has 1 fully saturated rings. The molecule has 0 saturated carbocycles. The summed E-state index contributed by atoms with van der Waals surface area (Å²) in [6.45, 7) is 2.30. The molecule has 1 saturated heterocycles. The molecular weight excluding hydrogens is 480 g/mol. The third-order valence-electron chi connectivity index (χ3n) is 8.29. The van der Waals surface area contributed by atoms with Crippen LogP contribution in [0, 0.1) is 11.3 Å². The van der Waals surface area contributed by atoms with Crippen LogP contribution in [-0.4, -0.2) is 24.3 Å². The summed E-state index contributed by atoms with van der Waals surface area (Å²) >= 11 is 0. The molecule has 5 aromatic rings. The minimum Gasteiger partial charge on any atom is -0.494 e. The number of rotatable bonds is 4. The predicted molar refractivity (Wildman–Crippen MR) is 141 cm³/mol. The molecule has 2 aliphatic heterocycles. The van der Waals surface area contributed by atoms with Crippen molar-refractivity contribution >= 4 is 21.8 Å². The van der Waals surface area contributed by atoms with Gasteiger partial charge in [-0.05, 0) is 50.5 Å². The zero-order valence-corrected chi connectivity index (χ0v) is 20.7. The highest BCUT2D eigenvalue weighted by molar-refractivity contribution is 5.95. The summed E-state index contributed by atoms with van der Waals surface area (Å²) in [6.07, 6.45) is 3.10. The Morgan fingerprint density at radius 2 is 1.74 bits per heavy atom. The van der Waals surface area contributed by atoms with Crippen LogP contribution in [0.2, 0.25) is 0 Å². The van der Waals surface area contributed by atoms with Gasteiger partial charge >= 0.3 is 0 Å². The van der Waals surface area contributed by atoms with E-state index in [1.54, 1.807) is 16.7 Å². The molecule has 0 spiro atoms. The van der Waals surface area contributed by atoms with Crippen molar-refractivity contribution in [3.8, 4) is 23.5 Å². The second kappa shape index (κ2) is 7.70. The molecule has 8 nitrogen and oxygen atoms in total. The second-order valence-electron chi connectivity index (χ2n) is 10.3. The Morgan fingerprint density at radius 3 is 2.55 bits per heavy atom. The average molecular weight is 505 g/mol. The van der Waals surface area contributed by atoms with Gasteiger partial charge in [0.2, 0.25) is 11.8 Å². The highest BCUT2D eigenvalue weighted by atomic mass is 16.5. The molecule has 2 atom stereocenters. The maximum atomic E-state index is 12.8. The maximum absolute atomic E-state index is 12.8. The first-order valence-electron chi connectivity index (χ1n) is 12.6. The van der Waals surface area contributed by atoms with Gasteiger partial charge in [0.25, 0.3) is 5.56 Å². The molecule has 188 valence electrons. The molecule has 3 aromatic carbocycles. The van der Waals surface area contributed by atoms with Crippen molar-refractivity contribution in [2.45, 2.75) is 43.9 Å². The molecule has 38 heavy (non-hydrogen) atoms. The zero-order valence-electron chi connectivity index (χ0n) is 20.7. The van der Waals surface area contributed by atoms with E-state index >= 15 is 0 Å². The van der Waals surface area contributed by atoms with Crippen molar-refractivity contribution < 1.29 is 14.9 Å². The van der Waals surface area contributed by atoms with E-state index in [-0.39, 0.29) is 17.3 Å². The van der Waals surface area contributed by atoms with Crippen LogP contribution in [0.5, 0.6) is 11.8 Å². The number of aromatic hydroxyl groups is 2. The molecule has 2 bridgehead atoms. The van der Waals surface area contributed by atoms with Gasteiger partial charge in [0.05, 0.1) is 51.3 Å². The number of nitrogens with zero attached hydrogens (tertiary/aromatic N) is 4. The molecule has 0 radical (unpaired) electrons. The Hall–Kier alpha value is -4.61. The number of ether oxygens (including phenoxy) is 1. The molecule has 4 heterocycles. The number of fused-ring (bicyclic) bond motifs is 7. The van der Waals surface area contributed by atoms with E-state index in [0.717, 1.165) is 21.8 Å². The molecule has 0 amide bonds. The average Bonchev–Trinajstić information content (AvgIpc) is 3.51. The molecular formula is C30H24N4O4. The van der Waals surface area contributed by atoms with E-state index in [1.165, 1.54) is 10.8 Å². The minimum absolute atomic E-state index is 0.0667. The van der Waals surface area contributed by atoms with Gasteiger partial charge in [0.1, 0.15) is 5.60 Å². The molecule has 8 heteroatoms. The third-order valence-corrected chi connectivity index (χ3v) is 8.29. The molecule has 0 aliphatic carbocycles. The van der Waals surface area contributed by atoms with Gasteiger partial charge in [-0.25, -0.2) is 4.98 Å². The summed E-state index contributed by atoms with van der Waals surface area (Å²) in [6, 6.07) is 20.6. The fraction of sp³-hybridized carbons (Fsp3) is 0.233. The van der Waals surface area contributed by atoms with E-state index in [9.17, 15) is 20.3 Å². The van der Waals surface area contributed by atoms with Crippen LogP contribution in [0.3, 0.4) is 0 Å². The largest absolute Gasteiger partial charge is 0.494 e. The van der Waals surface area contributed by atoms with Crippen LogP contribution < -0.4 is 5.56 Å². The quantitative estimate of drug-likeness (QED) is 0.358. The summed E-state index contributed by atoms with van der Waals surface area (Å²) in [7, 11) is 0. The number of hydrogen-bond acceptors (Lipinski definition) is 6. The first-order chi connectivity index (χ1) is 18.4. The number of nitriles is 1. The lowest BCUT2D eigenvalue weighted by Crippen LogP contribution is -2.28. The SMILES string of the molecule is C[C@]12CC[C@](CCn3c(=O)cnc4ccccc43)(O1)c1c2c(O)n(-c2ccc(C#N)c3ccccc23)c1O. The Bertz CT molecular complexity index is 1900. The topological polar surface area (TPSA) is 113 Å². The molecule has 0 unspecified atom stereocenters. The van der Waals surface area contributed by atoms with E-state index in [1.807, 2.05) is 55.5 Å². The third kappa shape index (κ3) is 2.88. The lowest BCUT2D eigenvalue weighted by molar-refractivity contribution is -0.0851. The fourth-order valence-corrected chi connectivity index (χ4v) is 6.55. The fourth-order valence-electron chi connectivity index (χ4n) is 6.55. The Kier molecular flexibility index (Phi) is 4.57. The van der Waals surface area contributed by atoms with Gasteiger partial charge in [-0.15, -0.1) is 0 Å². The van der Waals surface area contributed by atoms with Crippen molar-refractivity contribution in [3.63, 3.8) is 0 Å². The van der Waals surface area contributed by atoms with E-state index in [2.05, 4.69) is 11.1 Å². The summed E-state index contributed by atoms with van der Waals surface area (Å²) < 4.78 is 9.75. The number of aromatic nitrogens is 3. The van der Waals surface area contributed by atoms with Gasteiger partial charge in [-0.1, -0.05) is 36.4 Å². The van der Waals surface area contributed by atoms with Crippen LogP contribution >= 0.6 is 0 Å². The molecule has 2 aliphatic rings. The monoisotopic (exact) mass is 504 g/mol. The number of aryl methyl sites for hydroxylation is 1. The van der Waals surface area contributed by atoms with Gasteiger partial charge in [-0.3, -0.25) is 9.36 Å². The lowest BCUT2D eigenvalue weighted by Gasteiger charge is -2.27. The van der Waals surface area contributed by atoms with Gasteiger partial charge in [0, 0.05) is 17.3 Å². The minimum atomic E-state index is -0.858. The first kappa shape index (κ1) is 22.6. The van der Waals surface area contributed by atoms with Crippen molar-refractivity contribution in [1.82, 2.24) is 14.1 Å². The van der Waals surface area contributed by atoms with Crippen molar-refractivity contribution in [3.05, 3.63) is 93.9 Å². The lowest BCUT2D eigenvalue weighted by atomic mass is 9.77. The number of hydrogen-bond donors (Lipinski definition) is 2. The summed E-state index contributed by atoms with van der Waals surface area (Å²) in [5.74, 6) is -0.148. The highest BCUT2D eigenvalue weighted by Gasteiger charge is 2.61. The molecule has 7 rings (SSSR count). The first-order valence-corrected chi connectivity index (χ1v) is 12.6.